The van der Waals surface area contributed by atoms with Gasteiger partial charge in [-0.1, -0.05) is 32.1 Å². The number of piperidine rings is 1. The number of nitrogens with one attached hydrogen (secondary N) is 2. The van der Waals surface area contributed by atoms with E-state index in [4.69, 9.17) is 0 Å². The van der Waals surface area contributed by atoms with Crippen LogP contribution in [0, 0.1) is 0 Å². The van der Waals surface area contributed by atoms with Gasteiger partial charge in [-0.05, 0) is 25.7 Å². The van der Waals surface area contributed by atoms with Gasteiger partial charge in [-0.25, -0.2) is 4.72 Å². The van der Waals surface area contributed by atoms with E-state index in [0.29, 0.717) is 25.7 Å². The monoisotopic (exact) mass is 339 g/mol. The Morgan fingerprint density at radius 3 is 2.05 bits per heavy atom. The molecule has 0 spiro atoms. The molecule has 7 heteroatoms. The van der Waals surface area contributed by atoms with Crippen LogP contribution in [0.15, 0.2) is 0 Å². The fraction of sp³-hybridized carbons (Fsp3) is 1.00. The molecule has 2 fully saturated rings. The Kier molecular flexibility index (Phi) is 9.13. The number of nitrogens with zero attached hydrogens (tertiary/aromatic N) is 1. The average Bonchev–Trinajstić information content (AvgIpc) is 2.73. The fourth-order valence-corrected chi connectivity index (χ4v) is 4.42. The Balaban J connectivity index is 0.00000220. The van der Waals surface area contributed by atoms with E-state index < -0.39 is 10.2 Å². The van der Waals surface area contributed by atoms with Crippen LogP contribution in [0.2, 0.25) is 0 Å². The normalized spacial score (nSPS) is 22.5. The molecule has 0 radical (unpaired) electrons. The molecule has 0 amide bonds. The lowest BCUT2D eigenvalue weighted by Crippen LogP contribution is -2.45. The van der Waals surface area contributed by atoms with Gasteiger partial charge < -0.3 is 5.32 Å². The maximum Gasteiger partial charge on any atom is 0.279 e. The highest BCUT2D eigenvalue weighted by Crippen LogP contribution is 2.17. The second-order valence-electron chi connectivity index (χ2n) is 6.00. The van der Waals surface area contributed by atoms with Gasteiger partial charge in [-0.15, -0.1) is 12.4 Å². The van der Waals surface area contributed by atoms with Gasteiger partial charge in [-0.3, -0.25) is 0 Å². The van der Waals surface area contributed by atoms with Crippen LogP contribution in [-0.4, -0.2) is 44.9 Å². The minimum absolute atomic E-state index is 0. The Bertz CT molecular complexity index is 364. The van der Waals surface area contributed by atoms with Crippen LogP contribution in [0.25, 0.3) is 0 Å². The Morgan fingerprint density at radius 1 is 0.857 bits per heavy atom. The molecule has 0 aromatic heterocycles. The van der Waals surface area contributed by atoms with Crippen molar-refractivity contribution in [1.29, 1.82) is 0 Å². The van der Waals surface area contributed by atoms with Crippen LogP contribution >= 0.6 is 12.4 Å². The van der Waals surface area contributed by atoms with Gasteiger partial charge >= 0.3 is 0 Å². The van der Waals surface area contributed by atoms with Crippen molar-refractivity contribution < 1.29 is 8.42 Å². The summed E-state index contributed by atoms with van der Waals surface area (Å²) in [6.45, 7) is 2.57. The van der Waals surface area contributed by atoms with E-state index in [9.17, 15) is 8.42 Å². The minimum Gasteiger partial charge on any atom is -0.313 e. The van der Waals surface area contributed by atoms with Crippen molar-refractivity contribution in [3.63, 3.8) is 0 Å². The highest BCUT2D eigenvalue weighted by Gasteiger charge is 2.23. The lowest BCUT2D eigenvalue weighted by molar-refractivity contribution is 0.341. The third-order valence-corrected chi connectivity index (χ3v) is 5.97. The van der Waals surface area contributed by atoms with E-state index in [1.54, 1.807) is 4.31 Å². The summed E-state index contributed by atoms with van der Waals surface area (Å²) in [4.78, 5) is 0. The number of hydrogen-bond acceptors (Lipinski definition) is 3. The lowest BCUT2D eigenvalue weighted by atomic mass is 10.1. The summed E-state index contributed by atoms with van der Waals surface area (Å²) in [5, 5.41) is 3.49. The first-order valence-corrected chi connectivity index (χ1v) is 9.60. The van der Waals surface area contributed by atoms with Gasteiger partial charge in [0.05, 0.1) is 0 Å². The molecule has 2 N–H and O–H groups in total. The largest absolute Gasteiger partial charge is 0.313 e. The van der Waals surface area contributed by atoms with Crippen molar-refractivity contribution in [2.24, 2.45) is 0 Å². The summed E-state index contributed by atoms with van der Waals surface area (Å²) in [6, 6.07) is 0.581. The van der Waals surface area contributed by atoms with Crippen LogP contribution in [0.3, 0.4) is 0 Å². The summed E-state index contributed by atoms with van der Waals surface area (Å²) in [5.41, 5.74) is 0. The van der Waals surface area contributed by atoms with Crippen LogP contribution in [0.5, 0.6) is 0 Å². The van der Waals surface area contributed by atoms with Gasteiger partial charge in [0, 0.05) is 32.2 Å². The molecule has 0 aromatic carbocycles. The summed E-state index contributed by atoms with van der Waals surface area (Å²) in [5.74, 6) is 0. The van der Waals surface area contributed by atoms with Crippen LogP contribution in [0.1, 0.15) is 57.8 Å². The molecule has 2 aliphatic rings. The smallest absolute Gasteiger partial charge is 0.279 e. The highest BCUT2D eigenvalue weighted by atomic mass is 35.5. The Labute approximate surface area is 135 Å². The quantitative estimate of drug-likeness (QED) is 0.575. The standard InChI is InChI=1S/C14H29N3O2S.ClH/c18-20(19,17-12-6-3-7-13-17)16-11-10-15-14-8-4-1-2-5-9-14;/h14-16H,1-13H2;1H. The summed E-state index contributed by atoms with van der Waals surface area (Å²) in [6.07, 6.45) is 10.9. The summed E-state index contributed by atoms with van der Waals surface area (Å²) < 4.78 is 28.5. The maximum absolute atomic E-state index is 12.1. The van der Waals surface area contributed by atoms with Crippen molar-refractivity contribution in [3.05, 3.63) is 0 Å². The molecule has 1 aliphatic carbocycles. The molecule has 0 bridgehead atoms. The van der Waals surface area contributed by atoms with Crippen molar-refractivity contribution in [3.8, 4) is 0 Å². The molecule has 0 aromatic rings. The topological polar surface area (TPSA) is 61.4 Å². The van der Waals surface area contributed by atoms with Gasteiger partial charge in [-0.2, -0.15) is 12.7 Å². The molecule has 2 rings (SSSR count). The van der Waals surface area contributed by atoms with Crippen LogP contribution in [0.4, 0.5) is 0 Å². The van der Waals surface area contributed by atoms with Crippen molar-refractivity contribution in [2.45, 2.75) is 63.8 Å². The van der Waals surface area contributed by atoms with Crippen molar-refractivity contribution in [2.75, 3.05) is 26.2 Å². The van der Waals surface area contributed by atoms with E-state index >= 15 is 0 Å². The average molecular weight is 340 g/mol. The molecular weight excluding hydrogens is 310 g/mol. The molecular formula is C14H30ClN3O2S. The third-order valence-electron chi connectivity index (χ3n) is 4.35. The summed E-state index contributed by atoms with van der Waals surface area (Å²) in [7, 11) is -3.25. The van der Waals surface area contributed by atoms with Gasteiger partial charge in [0.15, 0.2) is 0 Å². The van der Waals surface area contributed by atoms with E-state index in [1.807, 2.05) is 0 Å². The molecule has 1 heterocycles. The minimum atomic E-state index is -3.25. The van der Waals surface area contributed by atoms with Gasteiger partial charge in [0.25, 0.3) is 10.2 Å². The van der Waals surface area contributed by atoms with E-state index in [1.165, 1.54) is 38.5 Å². The van der Waals surface area contributed by atoms with Crippen LogP contribution < -0.4 is 10.0 Å². The number of rotatable bonds is 6. The second kappa shape index (κ2) is 10.0. The number of hydrogen-bond donors (Lipinski definition) is 2. The molecule has 1 aliphatic heterocycles. The second-order valence-corrected chi connectivity index (χ2v) is 7.76. The Hall–Kier alpha value is 0.120. The van der Waals surface area contributed by atoms with Gasteiger partial charge in [0.1, 0.15) is 0 Å². The zero-order valence-electron chi connectivity index (χ0n) is 12.8. The lowest BCUT2D eigenvalue weighted by Gasteiger charge is -2.26. The van der Waals surface area contributed by atoms with Crippen LogP contribution in [-0.2, 0) is 10.2 Å². The van der Waals surface area contributed by atoms with Crippen molar-refractivity contribution >= 4 is 22.6 Å². The zero-order chi connectivity index (χ0) is 14.3. The SMILES string of the molecule is Cl.O=S(=O)(NCCNC1CCCCCC1)N1CCCCC1. The maximum atomic E-state index is 12.1. The molecule has 21 heavy (non-hydrogen) atoms. The first kappa shape index (κ1) is 19.2. The molecule has 0 unspecified atom stereocenters. The zero-order valence-corrected chi connectivity index (χ0v) is 14.5. The van der Waals surface area contributed by atoms with E-state index in [-0.39, 0.29) is 12.4 Å². The third kappa shape index (κ3) is 6.82. The molecule has 5 nitrogen and oxygen atoms in total. The van der Waals surface area contributed by atoms with E-state index in [2.05, 4.69) is 10.0 Å². The first-order chi connectivity index (χ1) is 9.68. The van der Waals surface area contributed by atoms with E-state index in [0.717, 1.165) is 25.8 Å². The predicted octanol–water partition coefficient (Wildman–Crippen LogP) is 2.04. The van der Waals surface area contributed by atoms with Gasteiger partial charge in [0.2, 0.25) is 0 Å². The Morgan fingerprint density at radius 2 is 1.43 bits per heavy atom. The molecule has 1 saturated carbocycles. The van der Waals surface area contributed by atoms with Crippen molar-refractivity contribution in [1.82, 2.24) is 14.3 Å². The first-order valence-electron chi connectivity index (χ1n) is 8.16. The summed E-state index contributed by atoms with van der Waals surface area (Å²) >= 11 is 0. The highest BCUT2D eigenvalue weighted by molar-refractivity contribution is 7.87. The predicted molar refractivity (Wildman–Crippen MR) is 89.1 cm³/mol. The number of halogens is 1. The molecule has 0 atom stereocenters. The molecule has 1 saturated heterocycles. The fourth-order valence-electron chi connectivity index (χ4n) is 3.14. The molecule has 126 valence electrons.